The fraction of sp³-hybridized carbons (Fsp3) is 0.286. The topological polar surface area (TPSA) is 12.0 Å². The van der Waals surface area contributed by atoms with E-state index in [1.807, 2.05) is 0 Å². The van der Waals surface area contributed by atoms with Crippen LogP contribution in [0, 0.1) is 6.92 Å². The molecule has 2 aromatic rings. The molecule has 1 nitrogen and oxygen atoms in total. The fourth-order valence-electron chi connectivity index (χ4n) is 1.94. The molecule has 96 valence electrons. The Balaban J connectivity index is 2.44. The molecule has 1 heterocycles. The Bertz CT molecular complexity index is 536. The smallest absolute Gasteiger partial charge is 0.0702 e. The second-order valence-electron chi connectivity index (χ2n) is 4.11. The van der Waals surface area contributed by atoms with E-state index >= 15 is 0 Å². The van der Waals surface area contributed by atoms with Crippen LogP contribution in [0.3, 0.4) is 0 Å². The van der Waals surface area contributed by atoms with E-state index in [1.54, 1.807) is 11.3 Å². The van der Waals surface area contributed by atoms with Crippen LogP contribution in [0.5, 0.6) is 0 Å². The maximum absolute atomic E-state index is 3.71. The van der Waals surface area contributed by atoms with E-state index in [1.165, 1.54) is 24.3 Å². The van der Waals surface area contributed by atoms with E-state index in [0.29, 0.717) is 0 Å². The lowest BCUT2D eigenvalue weighted by Gasteiger charge is -2.19. The van der Waals surface area contributed by atoms with Crippen molar-refractivity contribution < 1.29 is 0 Å². The Hall–Kier alpha value is -0.160. The molecule has 0 radical (unpaired) electrons. The Labute approximate surface area is 129 Å². The summed E-state index contributed by atoms with van der Waals surface area (Å²) in [6.45, 7) is 5.21. The lowest BCUT2D eigenvalue weighted by atomic mass is 10.0. The monoisotopic (exact) mass is 387 g/mol. The minimum atomic E-state index is 0.251. The standard InChI is InChI=1S/C14H15Br2NS/c1-3-17-14(11-7-8-12(15)18-11)10-6-4-5-9(2)13(10)16/h4-8,14,17H,3H2,1-2H3. The molecule has 1 unspecified atom stereocenters. The summed E-state index contributed by atoms with van der Waals surface area (Å²) in [5.74, 6) is 0. The summed E-state index contributed by atoms with van der Waals surface area (Å²) < 4.78 is 2.37. The molecular weight excluding hydrogens is 374 g/mol. The molecule has 1 N–H and O–H groups in total. The summed E-state index contributed by atoms with van der Waals surface area (Å²) in [7, 11) is 0. The van der Waals surface area contributed by atoms with Crippen LogP contribution < -0.4 is 5.32 Å². The van der Waals surface area contributed by atoms with Crippen LogP contribution in [-0.2, 0) is 0 Å². The van der Waals surface area contributed by atoms with Gasteiger partial charge in [-0.05, 0) is 52.7 Å². The highest BCUT2D eigenvalue weighted by molar-refractivity contribution is 9.11. The van der Waals surface area contributed by atoms with Gasteiger partial charge in [0, 0.05) is 9.35 Å². The molecule has 0 saturated heterocycles. The lowest BCUT2D eigenvalue weighted by Crippen LogP contribution is -2.21. The van der Waals surface area contributed by atoms with Gasteiger partial charge in [0.15, 0.2) is 0 Å². The highest BCUT2D eigenvalue weighted by Crippen LogP contribution is 2.35. The molecule has 0 saturated carbocycles. The second kappa shape index (κ2) is 6.33. The number of thiophene rings is 1. The Morgan fingerprint density at radius 3 is 2.61 bits per heavy atom. The first kappa shape index (κ1) is 14.3. The first-order chi connectivity index (χ1) is 8.63. The van der Waals surface area contributed by atoms with Crippen molar-refractivity contribution in [2.24, 2.45) is 0 Å². The average molecular weight is 389 g/mol. The zero-order chi connectivity index (χ0) is 13.1. The van der Waals surface area contributed by atoms with E-state index in [4.69, 9.17) is 0 Å². The van der Waals surface area contributed by atoms with Gasteiger partial charge in [0.2, 0.25) is 0 Å². The van der Waals surface area contributed by atoms with E-state index in [9.17, 15) is 0 Å². The van der Waals surface area contributed by atoms with Crippen molar-refractivity contribution >= 4 is 43.2 Å². The molecule has 0 bridgehead atoms. The lowest BCUT2D eigenvalue weighted by molar-refractivity contribution is 0.637. The number of benzene rings is 1. The molecule has 1 aromatic heterocycles. The van der Waals surface area contributed by atoms with Crippen molar-refractivity contribution in [1.29, 1.82) is 0 Å². The molecule has 4 heteroatoms. The van der Waals surface area contributed by atoms with Gasteiger partial charge in [-0.1, -0.05) is 41.1 Å². The molecule has 1 aromatic carbocycles. The van der Waals surface area contributed by atoms with E-state index < -0.39 is 0 Å². The van der Waals surface area contributed by atoms with Crippen molar-refractivity contribution in [3.8, 4) is 0 Å². The molecule has 1 atom stereocenters. The highest BCUT2D eigenvalue weighted by atomic mass is 79.9. The van der Waals surface area contributed by atoms with Gasteiger partial charge in [-0.2, -0.15) is 0 Å². The van der Waals surface area contributed by atoms with E-state index in [-0.39, 0.29) is 6.04 Å². The van der Waals surface area contributed by atoms with Crippen LogP contribution in [0.15, 0.2) is 38.6 Å². The van der Waals surface area contributed by atoms with Crippen molar-refractivity contribution in [3.63, 3.8) is 0 Å². The van der Waals surface area contributed by atoms with E-state index in [2.05, 4.69) is 81.4 Å². The van der Waals surface area contributed by atoms with Crippen molar-refractivity contribution in [2.45, 2.75) is 19.9 Å². The molecule has 0 amide bonds. The zero-order valence-corrected chi connectivity index (χ0v) is 14.3. The number of hydrogen-bond acceptors (Lipinski definition) is 2. The number of rotatable bonds is 4. The average Bonchev–Trinajstić information content (AvgIpc) is 2.77. The summed E-state index contributed by atoms with van der Waals surface area (Å²) in [5.41, 5.74) is 2.57. The van der Waals surface area contributed by atoms with Crippen molar-refractivity contribution in [1.82, 2.24) is 5.32 Å². The molecule has 0 fully saturated rings. The number of nitrogens with one attached hydrogen (secondary N) is 1. The van der Waals surface area contributed by atoms with Crippen LogP contribution in [0.25, 0.3) is 0 Å². The Morgan fingerprint density at radius 2 is 2.00 bits per heavy atom. The van der Waals surface area contributed by atoms with Crippen molar-refractivity contribution in [2.75, 3.05) is 6.54 Å². The third-order valence-corrected chi connectivity index (χ3v) is 5.59. The van der Waals surface area contributed by atoms with Gasteiger partial charge in [-0.15, -0.1) is 11.3 Å². The SMILES string of the molecule is CCNC(c1ccc(Br)s1)c1cccc(C)c1Br. The second-order valence-corrected chi connectivity index (χ2v) is 7.40. The molecule has 0 aliphatic rings. The summed E-state index contributed by atoms with van der Waals surface area (Å²) in [6.07, 6.45) is 0. The number of hydrogen-bond donors (Lipinski definition) is 1. The molecular formula is C14H15Br2NS. The van der Waals surface area contributed by atoms with Gasteiger partial charge < -0.3 is 5.32 Å². The van der Waals surface area contributed by atoms with Gasteiger partial charge in [0.1, 0.15) is 0 Å². The minimum Gasteiger partial charge on any atom is -0.306 e. The molecule has 0 aliphatic heterocycles. The van der Waals surface area contributed by atoms with Crippen LogP contribution in [0.1, 0.15) is 29.0 Å². The van der Waals surface area contributed by atoms with Gasteiger partial charge in [-0.3, -0.25) is 0 Å². The van der Waals surface area contributed by atoms with Crippen LogP contribution in [0.2, 0.25) is 0 Å². The number of halogens is 2. The number of aryl methyl sites for hydroxylation is 1. The predicted octanol–water partition coefficient (Wildman–Crippen LogP) is 5.28. The van der Waals surface area contributed by atoms with Gasteiger partial charge >= 0.3 is 0 Å². The molecule has 0 aliphatic carbocycles. The molecule has 0 spiro atoms. The van der Waals surface area contributed by atoms with Crippen LogP contribution in [0.4, 0.5) is 0 Å². The zero-order valence-electron chi connectivity index (χ0n) is 10.3. The normalized spacial score (nSPS) is 12.7. The van der Waals surface area contributed by atoms with Crippen molar-refractivity contribution in [3.05, 3.63) is 54.6 Å². The predicted molar refractivity (Wildman–Crippen MR) is 86.4 cm³/mol. The maximum Gasteiger partial charge on any atom is 0.0702 e. The Kier molecular flexibility index (Phi) is 5.01. The summed E-state index contributed by atoms with van der Waals surface area (Å²) in [6, 6.07) is 11.0. The summed E-state index contributed by atoms with van der Waals surface area (Å²) >= 11 is 9.02. The van der Waals surface area contributed by atoms with Crippen LogP contribution in [-0.4, -0.2) is 6.54 Å². The third kappa shape index (κ3) is 3.05. The molecule has 18 heavy (non-hydrogen) atoms. The van der Waals surface area contributed by atoms with Gasteiger partial charge in [0.25, 0.3) is 0 Å². The summed E-state index contributed by atoms with van der Waals surface area (Å²) in [5, 5.41) is 3.56. The maximum atomic E-state index is 3.71. The first-order valence-corrected chi connectivity index (χ1v) is 8.27. The summed E-state index contributed by atoms with van der Waals surface area (Å²) in [4.78, 5) is 1.33. The molecule has 2 rings (SSSR count). The quantitative estimate of drug-likeness (QED) is 0.751. The first-order valence-electron chi connectivity index (χ1n) is 5.87. The van der Waals surface area contributed by atoms with E-state index in [0.717, 1.165) is 6.54 Å². The highest BCUT2D eigenvalue weighted by Gasteiger charge is 2.18. The third-order valence-electron chi connectivity index (χ3n) is 2.82. The fourth-order valence-corrected chi connectivity index (χ4v) is 3.96. The minimum absolute atomic E-state index is 0.251. The largest absolute Gasteiger partial charge is 0.306 e. The Morgan fingerprint density at radius 1 is 1.22 bits per heavy atom. The van der Waals surface area contributed by atoms with Crippen LogP contribution >= 0.6 is 43.2 Å². The van der Waals surface area contributed by atoms with Gasteiger partial charge in [0.05, 0.1) is 9.83 Å². The van der Waals surface area contributed by atoms with Gasteiger partial charge in [-0.25, -0.2) is 0 Å².